The van der Waals surface area contributed by atoms with Gasteiger partial charge in [-0.1, -0.05) is 19.3 Å². The molecule has 1 aliphatic rings. The highest BCUT2D eigenvalue weighted by atomic mass is 16.6. The maximum atomic E-state index is 12.4. The normalized spacial score (nSPS) is 17.3. The first-order valence-electron chi connectivity index (χ1n) is 7.19. The number of nitro groups is 1. The Kier molecular flexibility index (Phi) is 4.27. The second-order valence-electron chi connectivity index (χ2n) is 5.88. The van der Waals surface area contributed by atoms with Gasteiger partial charge in [0.1, 0.15) is 0 Å². The number of nitrogens with one attached hydrogen (secondary N) is 1. The molecule has 1 saturated carbocycles. The molecular formula is C15H21N3O3. The van der Waals surface area contributed by atoms with Crippen molar-refractivity contribution in [2.45, 2.75) is 51.5 Å². The minimum Gasteiger partial charge on any atom is -0.324 e. The first-order valence-corrected chi connectivity index (χ1v) is 7.19. The van der Waals surface area contributed by atoms with E-state index in [0.29, 0.717) is 29.7 Å². The molecule has 114 valence electrons. The molecule has 3 N–H and O–H groups in total. The van der Waals surface area contributed by atoms with E-state index < -0.39 is 10.5 Å². The van der Waals surface area contributed by atoms with E-state index in [1.165, 1.54) is 6.07 Å². The van der Waals surface area contributed by atoms with E-state index >= 15 is 0 Å². The number of benzene rings is 1. The lowest BCUT2D eigenvalue weighted by Gasteiger charge is -2.32. The van der Waals surface area contributed by atoms with Crippen molar-refractivity contribution in [1.29, 1.82) is 0 Å². The summed E-state index contributed by atoms with van der Waals surface area (Å²) < 4.78 is 0. The van der Waals surface area contributed by atoms with E-state index in [1.54, 1.807) is 19.9 Å². The van der Waals surface area contributed by atoms with E-state index in [9.17, 15) is 14.9 Å². The quantitative estimate of drug-likeness (QED) is 0.660. The van der Waals surface area contributed by atoms with Crippen LogP contribution in [-0.4, -0.2) is 16.4 Å². The Morgan fingerprint density at radius 2 is 1.86 bits per heavy atom. The van der Waals surface area contributed by atoms with Crippen molar-refractivity contribution in [2.75, 3.05) is 5.32 Å². The summed E-state index contributed by atoms with van der Waals surface area (Å²) in [5, 5.41) is 13.7. The number of carbonyl (C=O) groups excluding carboxylic acids is 1. The van der Waals surface area contributed by atoms with Gasteiger partial charge in [-0.2, -0.15) is 0 Å². The molecule has 6 nitrogen and oxygen atoms in total. The highest BCUT2D eigenvalue weighted by Gasteiger charge is 2.35. The van der Waals surface area contributed by atoms with Gasteiger partial charge in [-0.05, 0) is 38.3 Å². The standard InChI is InChI=1S/C15H21N3O3/c1-10-9-13(18(20)21)11(2)8-12(10)17-14(19)15(16)6-4-3-5-7-15/h8-9H,3-7,16H2,1-2H3,(H,17,19). The Balaban J connectivity index is 2.21. The lowest BCUT2D eigenvalue weighted by atomic mass is 9.82. The lowest BCUT2D eigenvalue weighted by Crippen LogP contribution is -2.52. The average Bonchev–Trinajstić information content (AvgIpc) is 2.43. The number of amides is 1. The summed E-state index contributed by atoms with van der Waals surface area (Å²) in [7, 11) is 0. The van der Waals surface area contributed by atoms with E-state index in [2.05, 4.69) is 5.32 Å². The van der Waals surface area contributed by atoms with Gasteiger partial charge in [0.15, 0.2) is 0 Å². The fourth-order valence-electron chi connectivity index (χ4n) is 2.79. The summed E-state index contributed by atoms with van der Waals surface area (Å²) in [6.07, 6.45) is 4.40. The molecule has 1 amide bonds. The van der Waals surface area contributed by atoms with Gasteiger partial charge in [-0.25, -0.2) is 0 Å². The number of rotatable bonds is 3. The zero-order valence-electron chi connectivity index (χ0n) is 12.4. The zero-order valence-corrected chi connectivity index (χ0v) is 12.4. The Morgan fingerprint density at radius 3 is 2.43 bits per heavy atom. The molecule has 0 unspecified atom stereocenters. The van der Waals surface area contributed by atoms with Gasteiger partial charge in [-0.3, -0.25) is 14.9 Å². The van der Waals surface area contributed by atoms with Gasteiger partial charge in [-0.15, -0.1) is 0 Å². The number of aryl methyl sites for hydroxylation is 2. The molecule has 0 saturated heterocycles. The molecule has 1 aliphatic carbocycles. The highest BCUT2D eigenvalue weighted by Crippen LogP contribution is 2.30. The van der Waals surface area contributed by atoms with Gasteiger partial charge < -0.3 is 11.1 Å². The number of nitrogens with two attached hydrogens (primary N) is 1. The van der Waals surface area contributed by atoms with E-state index in [1.807, 2.05) is 0 Å². The maximum absolute atomic E-state index is 12.4. The molecule has 0 radical (unpaired) electrons. The third-order valence-corrected chi connectivity index (χ3v) is 4.19. The minimum atomic E-state index is -0.819. The summed E-state index contributed by atoms with van der Waals surface area (Å²) >= 11 is 0. The van der Waals surface area contributed by atoms with Gasteiger partial charge in [0.2, 0.25) is 5.91 Å². The van der Waals surface area contributed by atoms with Crippen LogP contribution in [-0.2, 0) is 4.79 Å². The largest absolute Gasteiger partial charge is 0.324 e. The fourth-order valence-corrected chi connectivity index (χ4v) is 2.79. The number of anilines is 1. The van der Waals surface area contributed by atoms with Gasteiger partial charge in [0.25, 0.3) is 5.69 Å². The molecule has 0 aliphatic heterocycles. The zero-order chi connectivity index (χ0) is 15.6. The van der Waals surface area contributed by atoms with Crippen LogP contribution >= 0.6 is 0 Å². The second-order valence-corrected chi connectivity index (χ2v) is 5.88. The molecule has 6 heteroatoms. The Labute approximate surface area is 123 Å². The Morgan fingerprint density at radius 1 is 1.24 bits per heavy atom. The SMILES string of the molecule is Cc1cc([N+](=O)[O-])c(C)cc1NC(=O)C1(N)CCCCC1. The molecule has 0 bridgehead atoms. The number of hydrogen-bond donors (Lipinski definition) is 2. The van der Waals surface area contributed by atoms with Crippen LogP contribution in [0, 0.1) is 24.0 Å². The summed E-state index contributed by atoms with van der Waals surface area (Å²) in [6.45, 7) is 3.40. The van der Waals surface area contributed by atoms with Crippen LogP contribution in [0.2, 0.25) is 0 Å². The summed E-state index contributed by atoms with van der Waals surface area (Å²) in [5.74, 6) is -0.196. The van der Waals surface area contributed by atoms with E-state index in [-0.39, 0.29) is 11.6 Å². The molecule has 0 aromatic heterocycles. The van der Waals surface area contributed by atoms with Gasteiger partial charge in [0, 0.05) is 17.3 Å². The van der Waals surface area contributed by atoms with Crippen LogP contribution in [0.1, 0.15) is 43.2 Å². The fraction of sp³-hybridized carbons (Fsp3) is 0.533. The summed E-state index contributed by atoms with van der Waals surface area (Å²) in [5.41, 5.74) is 7.22. The van der Waals surface area contributed by atoms with Crippen molar-refractivity contribution in [3.05, 3.63) is 33.4 Å². The average molecular weight is 291 g/mol. The summed E-state index contributed by atoms with van der Waals surface area (Å²) in [4.78, 5) is 22.9. The molecular weight excluding hydrogens is 270 g/mol. The van der Waals surface area contributed by atoms with E-state index in [4.69, 9.17) is 5.73 Å². The van der Waals surface area contributed by atoms with Crippen LogP contribution in [0.4, 0.5) is 11.4 Å². The third kappa shape index (κ3) is 3.21. The first kappa shape index (κ1) is 15.4. The topological polar surface area (TPSA) is 98.3 Å². The Hall–Kier alpha value is -1.95. The second kappa shape index (κ2) is 5.81. The van der Waals surface area contributed by atoms with Crippen molar-refractivity contribution in [2.24, 2.45) is 5.73 Å². The molecule has 1 fully saturated rings. The van der Waals surface area contributed by atoms with Crippen molar-refractivity contribution < 1.29 is 9.72 Å². The van der Waals surface area contributed by atoms with Crippen molar-refractivity contribution in [1.82, 2.24) is 0 Å². The van der Waals surface area contributed by atoms with Crippen LogP contribution in [0.3, 0.4) is 0 Å². The Bertz CT molecular complexity index is 578. The molecule has 1 aromatic rings. The smallest absolute Gasteiger partial charge is 0.272 e. The monoisotopic (exact) mass is 291 g/mol. The minimum absolute atomic E-state index is 0.0608. The van der Waals surface area contributed by atoms with Crippen LogP contribution in [0.25, 0.3) is 0 Å². The van der Waals surface area contributed by atoms with Crippen molar-refractivity contribution >= 4 is 17.3 Å². The molecule has 0 heterocycles. The van der Waals surface area contributed by atoms with Crippen molar-refractivity contribution in [3.63, 3.8) is 0 Å². The van der Waals surface area contributed by atoms with Gasteiger partial charge >= 0.3 is 0 Å². The number of nitrogens with zero attached hydrogens (tertiary/aromatic N) is 1. The lowest BCUT2D eigenvalue weighted by molar-refractivity contribution is -0.385. The summed E-state index contributed by atoms with van der Waals surface area (Å²) in [6, 6.07) is 3.12. The van der Waals surface area contributed by atoms with Crippen LogP contribution in [0.5, 0.6) is 0 Å². The molecule has 21 heavy (non-hydrogen) atoms. The molecule has 0 spiro atoms. The first-order chi connectivity index (χ1) is 9.83. The predicted octanol–water partition coefficient (Wildman–Crippen LogP) is 2.81. The third-order valence-electron chi connectivity index (χ3n) is 4.19. The predicted molar refractivity (Wildman–Crippen MR) is 81.2 cm³/mol. The van der Waals surface area contributed by atoms with Crippen molar-refractivity contribution in [3.8, 4) is 0 Å². The number of nitro benzene ring substituents is 1. The molecule has 2 rings (SSSR count). The number of carbonyl (C=O) groups is 1. The van der Waals surface area contributed by atoms with E-state index in [0.717, 1.165) is 19.3 Å². The molecule has 1 aromatic carbocycles. The van der Waals surface area contributed by atoms with Crippen LogP contribution in [0.15, 0.2) is 12.1 Å². The van der Waals surface area contributed by atoms with Gasteiger partial charge in [0.05, 0.1) is 10.5 Å². The number of hydrogen-bond acceptors (Lipinski definition) is 4. The van der Waals surface area contributed by atoms with Crippen LogP contribution < -0.4 is 11.1 Å². The highest BCUT2D eigenvalue weighted by molar-refractivity contribution is 5.98. The molecule has 0 atom stereocenters. The maximum Gasteiger partial charge on any atom is 0.272 e.